The number of H-pyrrole nitrogens is 1. The minimum atomic E-state index is -0.792. The number of likely N-dealkylation sites (tertiary alicyclic amines) is 1. The fraction of sp³-hybridized carbons (Fsp3) is 0.325. The molecule has 0 amide bonds. The van der Waals surface area contributed by atoms with E-state index in [1.165, 1.54) is 28.8 Å². The van der Waals surface area contributed by atoms with Crippen LogP contribution < -0.4 is 15.6 Å². The number of benzene rings is 4. The topological polar surface area (TPSA) is 118 Å². The van der Waals surface area contributed by atoms with Gasteiger partial charge < -0.3 is 30.4 Å². The van der Waals surface area contributed by atoms with E-state index in [1.54, 1.807) is 18.2 Å². The zero-order chi connectivity index (χ0) is 33.7. The van der Waals surface area contributed by atoms with Crippen molar-refractivity contribution in [3.05, 3.63) is 135 Å². The molecule has 1 aromatic heterocycles. The normalized spacial score (nSPS) is 15.0. The molecule has 5 N–H and O–H groups in total. The molecular weight excluding hydrogens is 602 g/mol. The van der Waals surface area contributed by atoms with Gasteiger partial charge in [0.05, 0.1) is 18.2 Å². The SMILES string of the molecule is CC(C)N1CC(c2ccccc2)(c2cc(O)ccc2CCCOc2ccc(CCNC[C@H](O)c3ccc(O)c4[nH]c(=O)ccc34)cc2)C1. The Morgan fingerprint density at radius 1 is 0.917 bits per heavy atom. The Morgan fingerprint density at radius 2 is 1.69 bits per heavy atom. The molecule has 2 heterocycles. The Hall–Kier alpha value is -4.63. The van der Waals surface area contributed by atoms with E-state index in [1.807, 2.05) is 18.2 Å². The van der Waals surface area contributed by atoms with Crippen LogP contribution in [-0.4, -0.2) is 64.0 Å². The number of aliphatic hydroxyl groups is 1. The Labute approximate surface area is 281 Å². The van der Waals surface area contributed by atoms with Gasteiger partial charge in [0, 0.05) is 42.5 Å². The summed E-state index contributed by atoms with van der Waals surface area (Å²) in [5.74, 6) is 1.11. The van der Waals surface area contributed by atoms with Crippen LogP contribution in [0.1, 0.15) is 54.2 Å². The van der Waals surface area contributed by atoms with Gasteiger partial charge in [-0.2, -0.15) is 0 Å². The van der Waals surface area contributed by atoms with Crippen molar-refractivity contribution >= 4 is 10.9 Å². The van der Waals surface area contributed by atoms with Crippen molar-refractivity contribution in [3.63, 3.8) is 0 Å². The van der Waals surface area contributed by atoms with E-state index in [2.05, 4.69) is 77.6 Å². The summed E-state index contributed by atoms with van der Waals surface area (Å²) in [4.78, 5) is 16.8. The maximum absolute atomic E-state index is 11.7. The van der Waals surface area contributed by atoms with E-state index in [9.17, 15) is 20.1 Å². The van der Waals surface area contributed by atoms with E-state index in [0.717, 1.165) is 43.7 Å². The van der Waals surface area contributed by atoms with Crippen LogP contribution in [0.3, 0.4) is 0 Å². The maximum atomic E-state index is 11.7. The number of aromatic nitrogens is 1. The molecule has 0 saturated carbocycles. The summed E-state index contributed by atoms with van der Waals surface area (Å²) in [5, 5.41) is 35.3. The van der Waals surface area contributed by atoms with Crippen LogP contribution in [0.5, 0.6) is 17.2 Å². The highest BCUT2D eigenvalue weighted by Crippen LogP contribution is 2.44. The lowest BCUT2D eigenvalue weighted by atomic mass is 9.66. The monoisotopic (exact) mass is 647 g/mol. The molecule has 1 fully saturated rings. The Kier molecular flexibility index (Phi) is 10.2. The molecule has 5 aromatic rings. The number of nitrogens with one attached hydrogen (secondary N) is 2. The van der Waals surface area contributed by atoms with Crippen LogP contribution >= 0.6 is 0 Å². The lowest BCUT2D eigenvalue weighted by Crippen LogP contribution is -2.62. The molecule has 8 nitrogen and oxygen atoms in total. The van der Waals surface area contributed by atoms with Gasteiger partial charge in [0.2, 0.25) is 5.56 Å². The highest BCUT2D eigenvalue weighted by atomic mass is 16.5. The first-order chi connectivity index (χ1) is 23.2. The lowest BCUT2D eigenvalue weighted by molar-refractivity contribution is 0.0605. The van der Waals surface area contributed by atoms with Gasteiger partial charge in [0.1, 0.15) is 17.2 Å². The van der Waals surface area contributed by atoms with E-state index >= 15 is 0 Å². The van der Waals surface area contributed by atoms with Gasteiger partial charge in [0.25, 0.3) is 0 Å². The van der Waals surface area contributed by atoms with Gasteiger partial charge in [-0.05, 0) is 104 Å². The average molecular weight is 648 g/mol. The first-order valence-corrected chi connectivity index (χ1v) is 16.8. The van der Waals surface area contributed by atoms with E-state index in [-0.39, 0.29) is 16.7 Å². The number of fused-ring (bicyclic) bond motifs is 1. The van der Waals surface area contributed by atoms with Crippen molar-refractivity contribution in [2.45, 2.75) is 50.7 Å². The number of phenolic OH excluding ortho intramolecular Hbond substituents is 2. The van der Waals surface area contributed by atoms with Crippen LogP contribution in [0.4, 0.5) is 0 Å². The minimum absolute atomic E-state index is 0.0236. The van der Waals surface area contributed by atoms with Gasteiger partial charge in [-0.25, -0.2) is 0 Å². The standard InChI is InChI=1S/C40H45N3O5/c1-27(2)43-25-40(26-43,30-8-4-3-5-9-30)35-23-31(44)13-12-29(35)7-6-22-48-32-14-10-28(11-15-32)20-21-41-24-37(46)33-16-18-36(45)39-34(33)17-19-38(47)42-39/h3-5,8-19,23,27,37,41,44-46H,6-7,20-22,24-26H2,1-2H3,(H,42,47)/t37-/m0/s1. The molecule has 250 valence electrons. The summed E-state index contributed by atoms with van der Waals surface area (Å²) >= 11 is 0. The molecule has 0 radical (unpaired) electrons. The van der Waals surface area contributed by atoms with Crippen LogP contribution in [-0.2, 0) is 18.3 Å². The van der Waals surface area contributed by atoms with Gasteiger partial charge in [0.15, 0.2) is 0 Å². The Bertz CT molecular complexity index is 1880. The third-order valence-electron chi connectivity index (χ3n) is 9.59. The molecule has 0 unspecified atom stereocenters. The van der Waals surface area contributed by atoms with Crippen molar-refractivity contribution in [1.82, 2.24) is 15.2 Å². The second kappa shape index (κ2) is 14.6. The van der Waals surface area contributed by atoms with Crippen LogP contribution in [0.25, 0.3) is 10.9 Å². The van der Waals surface area contributed by atoms with E-state index in [0.29, 0.717) is 48.0 Å². The number of aliphatic hydroxyl groups excluding tert-OH is 1. The predicted molar refractivity (Wildman–Crippen MR) is 190 cm³/mol. The number of hydrogen-bond acceptors (Lipinski definition) is 7. The molecule has 6 rings (SSSR count). The molecular formula is C40H45N3O5. The molecule has 0 bridgehead atoms. The number of aryl methyl sites for hydroxylation is 1. The largest absolute Gasteiger partial charge is 0.508 e. The molecule has 4 aromatic carbocycles. The lowest BCUT2D eigenvalue weighted by Gasteiger charge is -2.53. The molecule has 0 aliphatic carbocycles. The summed E-state index contributed by atoms with van der Waals surface area (Å²) in [6.07, 6.45) is 1.72. The molecule has 8 heteroatoms. The number of aromatic amines is 1. The first-order valence-electron chi connectivity index (χ1n) is 16.8. The van der Waals surface area contributed by atoms with Crippen LogP contribution in [0, 0.1) is 0 Å². The van der Waals surface area contributed by atoms with Gasteiger partial charge >= 0.3 is 0 Å². The summed E-state index contributed by atoms with van der Waals surface area (Å²) in [5.41, 5.74) is 5.45. The van der Waals surface area contributed by atoms with Gasteiger partial charge in [-0.1, -0.05) is 54.6 Å². The zero-order valence-corrected chi connectivity index (χ0v) is 27.7. The Balaban J connectivity index is 0.990. The summed E-state index contributed by atoms with van der Waals surface area (Å²) in [7, 11) is 0. The van der Waals surface area contributed by atoms with Crippen molar-refractivity contribution in [3.8, 4) is 17.2 Å². The molecule has 1 saturated heterocycles. The zero-order valence-electron chi connectivity index (χ0n) is 27.7. The summed E-state index contributed by atoms with van der Waals surface area (Å²) in [6, 6.07) is 31.3. The van der Waals surface area contributed by atoms with Gasteiger partial charge in [-0.15, -0.1) is 0 Å². The van der Waals surface area contributed by atoms with Crippen LogP contribution in [0.15, 0.2) is 102 Å². The van der Waals surface area contributed by atoms with Crippen molar-refractivity contribution in [2.24, 2.45) is 0 Å². The van der Waals surface area contributed by atoms with Crippen molar-refractivity contribution in [2.75, 3.05) is 32.8 Å². The average Bonchev–Trinajstić information content (AvgIpc) is 3.06. The molecule has 1 atom stereocenters. The molecule has 48 heavy (non-hydrogen) atoms. The molecule has 0 spiro atoms. The number of pyridine rings is 1. The second-order valence-electron chi connectivity index (χ2n) is 13.1. The number of nitrogens with zero attached hydrogens (tertiary/aromatic N) is 1. The fourth-order valence-corrected chi connectivity index (χ4v) is 6.84. The van der Waals surface area contributed by atoms with Gasteiger partial charge in [-0.3, -0.25) is 9.69 Å². The summed E-state index contributed by atoms with van der Waals surface area (Å²) in [6.45, 7) is 7.95. The maximum Gasteiger partial charge on any atom is 0.248 e. The number of phenols is 2. The molecule has 1 aliphatic rings. The third kappa shape index (κ3) is 7.26. The summed E-state index contributed by atoms with van der Waals surface area (Å²) < 4.78 is 6.12. The highest BCUT2D eigenvalue weighted by Gasteiger charge is 2.47. The number of rotatable bonds is 14. The quantitative estimate of drug-likeness (QED) is 0.0964. The third-order valence-corrected chi connectivity index (χ3v) is 9.59. The smallest absolute Gasteiger partial charge is 0.248 e. The van der Waals surface area contributed by atoms with Crippen LogP contribution in [0.2, 0.25) is 0 Å². The Morgan fingerprint density at radius 3 is 2.44 bits per heavy atom. The second-order valence-corrected chi connectivity index (χ2v) is 13.1. The van der Waals surface area contributed by atoms with Crippen molar-refractivity contribution < 1.29 is 20.1 Å². The highest BCUT2D eigenvalue weighted by molar-refractivity contribution is 5.87. The van der Waals surface area contributed by atoms with E-state index < -0.39 is 6.10 Å². The van der Waals surface area contributed by atoms with E-state index in [4.69, 9.17) is 4.74 Å². The molecule has 1 aliphatic heterocycles. The minimum Gasteiger partial charge on any atom is -0.508 e. The fourth-order valence-electron chi connectivity index (χ4n) is 6.84. The predicted octanol–water partition coefficient (Wildman–Crippen LogP) is 5.83. The first kappa shape index (κ1) is 33.3. The number of aromatic hydroxyl groups is 2. The van der Waals surface area contributed by atoms with Crippen molar-refractivity contribution in [1.29, 1.82) is 0 Å². The number of ether oxygens (including phenoxy) is 1. The number of hydrogen-bond donors (Lipinski definition) is 5.